The molecule has 0 saturated heterocycles. The fraction of sp³-hybridized carbons (Fsp3) is 0.400. The van der Waals surface area contributed by atoms with Gasteiger partial charge in [0, 0.05) is 16.5 Å². The fourth-order valence-electron chi connectivity index (χ4n) is 3.30. The molecule has 3 rings (SSSR count). The summed E-state index contributed by atoms with van der Waals surface area (Å²) in [5.41, 5.74) is -1.04. The Kier molecular flexibility index (Phi) is 6.39. The van der Waals surface area contributed by atoms with E-state index in [0.29, 0.717) is 4.88 Å². The number of halogens is 3. The lowest BCUT2D eigenvalue weighted by molar-refractivity contribution is -0.137. The van der Waals surface area contributed by atoms with Gasteiger partial charge in [0.1, 0.15) is 6.04 Å². The zero-order valence-electron chi connectivity index (χ0n) is 15.1. The van der Waals surface area contributed by atoms with Gasteiger partial charge in [0.15, 0.2) is 0 Å². The van der Waals surface area contributed by atoms with E-state index in [4.69, 9.17) is 0 Å². The average Bonchev–Trinajstić information content (AvgIpc) is 3.20. The molecule has 0 radical (unpaired) electrons. The van der Waals surface area contributed by atoms with Crippen LogP contribution in [0.15, 0.2) is 41.8 Å². The summed E-state index contributed by atoms with van der Waals surface area (Å²) in [6.45, 7) is 0. The number of carbonyl (C=O) groups excluding carboxylic acids is 2. The molecule has 0 spiro atoms. The molecule has 150 valence electrons. The quantitative estimate of drug-likeness (QED) is 0.752. The van der Waals surface area contributed by atoms with Crippen LogP contribution in [0.5, 0.6) is 0 Å². The Hall–Kier alpha value is -2.35. The van der Waals surface area contributed by atoms with Gasteiger partial charge in [-0.15, -0.1) is 11.3 Å². The lowest BCUT2D eigenvalue weighted by Gasteiger charge is -2.25. The van der Waals surface area contributed by atoms with Crippen molar-refractivity contribution in [2.24, 2.45) is 0 Å². The van der Waals surface area contributed by atoms with E-state index in [2.05, 4.69) is 10.6 Å². The maximum atomic E-state index is 12.9. The second-order valence-electron chi connectivity index (χ2n) is 6.84. The first kappa shape index (κ1) is 20.4. The highest BCUT2D eigenvalue weighted by atomic mass is 32.1. The number of alkyl halides is 3. The highest BCUT2D eigenvalue weighted by Crippen LogP contribution is 2.30. The van der Waals surface area contributed by atoms with Crippen molar-refractivity contribution >= 4 is 23.2 Å². The van der Waals surface area contributed by atoms with Crippen LogP contribution in [0.3, 0.4) is 0 Å². The summed E-state index contributed by atoms with van der Waals surface area (Å²) >= 11 is 1.31. The Labute approximate surface area is 165 Å². The van der Waals surface area contributed by atoms with Crippen molar-refractivity contribution < 1.29 is 22.8 Å². The summed E-state index contributed by atoms with van der Waals surface area (Å²) in [5.74, 6) is -1.06. The van der Waals surface area contributed by atoms with E-state index in [1.807, 2.05) is 0 Å². The van der Waals surface area contributed by atoms with E-state index in [1.165, 1.54) is 23.5 Å². The molecule has 0 bridgehead atoms. The first-order chi connectivity index (χ1) is 13.3. The van der Waals surface area contributed by atoms with Crippen LogP contribution >= 0.6 is 11.3 Å². The lowest BCUT2D eigenvalue weighted by atomic mass is 9.95. The van der Waals surface area contributed by atoms with Gasteiger partial charge >= 0.3 is 6.18 Å². The molecule has 1 heterocycles. The molecule has 4 nitrogen and oxygen atoms in total. The Bertz CT molecular complexity index is 815. The SMILES string of the molecule is O=C(NC(C(=O)NC1CCCCC1)c1cccs1)c1cccc(C(F)(F)F)c1. The molecule has 1 fully saturated rings. The summed E-state index contributed by atoms with van der Waals surface area (Å²) in [4.78, 5) is 26.0. The maximum absolute atomic E-state index is 12.9. The third kappa shape index (κ3) is 5.13. The molecule has 1 saturated carbocycles. The van der Waals surface area contributed by atoms with Crippen molar-refractivity contribution in [3.63, 3.8) is 0 Å². The van der Waals surface area contributed by atoms with Crippen molar-refractivity contribution in [2.75, 3.05) is 0 Å². The van der Waals surface area contributed by atoms with E-state index in [-0.39, 0.29) is 17.5 Å². The van der Waals surface area contributed by atoms with Crippen molar-refractivity contribution in [3.05, 3.63) is 57.8 Å². The monoisotopic (exact) mass is 410 g/mol. The smallest absolute Gasteiger partial charge is 0.351 e. The van der Waals surface area contributed by atoms with Crippen LogP contribution in [-0.2, 0) is 11.0 Å². The van der Waals surface area contributed by atoms with Crippen molar-refractivity contribution in [2.45, 2.75) is 50.4 Å². The lowest BCUT2D eigenvalue weighted by Crippen LogP contribution is -2.44. The molecule has 1 aliphatic carbocycles. The normalized spacial score (nSPS) is 16.4. The Morgan fingerprint density at radius 2 is 1.82 bits per heavy atom. The predicted octanol–water partition coefficient (Wildman–Crippen LogP) is 4.69. The van der Waals surface area contributed by atoms with Gasteiger partial charge in [-0.2, -0.15) is 13.2 Å². The molecule has 2 N–H and O–H groups in total. The van der Waals surface area contributed by atoms with E-state index in [1.54, 1.807) is 17.5 Å². The number of carbonyl (C=O) groups is 2. The highest BCUT2D eigenvalue weighted by Gasteiger charge is 2.32. The topological polar surface area (TPSA) is 58.2 Å². The zero-order chi connectivity index (χ0) is 20.1. The van der Waals surface area contributed by atoms with E-state index in [9.17, 15) is 22.8 Å². The molecule has 1 atom stereocenters. The van der Waals surface area contributed by atoms with Crippen LogP contribution in [0.25, 0.3) is 0 Å². The second-order valence-corrected chi connectivity index (χ2v) is 7.82. The Morgan fingerprint density at radius 3 is 2.46 bits per heavy atom. The molecular weight excluding hydrogens is 389 g/mol. The number of nitrogens with one attached hydrogen (secondary N) is 2. The third-order valence-corrected chi connectivity index (χ3v) is 5.71. The number of amides is 2. The standard InChI is InChI=1S/C20H21F3N2O2S/c21-20(22,23)14-7-4-6-13(12-14)18(26)25-17(16-10-5-11-28-16)19(27)24-15-8-2-1-3-9-15/h4-7,10-12,15,17H,1-3,8-9H2,(H,24,27)(H,25,26). The summed E-state index contributed by atoms with van der Waals surface area (Å²) in [6.07, 6.45) is 0.486. The number of benzene rings is 1. The number of rotatable bonds is 5. The summed E-state index contributed by atoms with van der Waals surface area (Å²) in [6, 6.07) is 6.79. The molecule has 2 aromatic rings. The maximum Gasteiger partial charge on any atom is 0.416 e. The van der Waals surface area contributed by atoms with Crippen molar-refractivity contribution in [1.29, 1.82) is 0 Å². The second kappa shape index (κ2) is 8.77. The molecule has 1 aliphatic rings. The minimum atomic E-state index is -4.54. The van der Waals surface area contributed by atoms with Crippen molar-refractivity contribution in [3.8, 4) is 0 Å². The van der Waals surface area contributed by atoms with Crippen LogP contribution in [0, 0.1) is 0 Å². The van der Waals surface area contributed by atoms with Crippen LogP contribution < -0.4 is 10.6 Å². The predicted molar refractivity (Wildman–Crippen MR) is 101 cm³/mol. The van der Waals surface area contributed by atoms with E-state index in [0.717, 1.165) is 44.2 Å². The van der Waals surface area contributed by atoms with Gasteiger partial charge in [-0.3, -0.25) is 9.59 Å². The average molecular weight is 410 g/mol. The largest absolute Gasteiger partial charge is 0.416 e. The molecule has 1 aromatic heterocycles. The minimum Gasteiger partial charge on any atom is -0.351 e. The molecule has 2 amide bonds. The van der Waals surface area contributed by atoms with Gasteiger partial charge in [0.2, 0.25) is 5.91 Å². The fourth-order valence-corrected chi connectivity index (χ4v) is 4.08. The summed E-state index contributed by atoms with van der Waals surface area (Å²) < 4.78 is 38.7. The number of hydrogen-bond acceptors (Lipinski definition) is 3. The van der Waals surface area contributed by atoms with Crippen LogP contribution in [0.4, 0.5) is 13.2 Å². The molecule has 1 aromatic carbocycles. The Morgan fingerprint density at radius 1 is 1.07 bits per heavy atom. The zero-order valence-corrected chi connectivity index (χ0v) is 15.9. The summed E-state index contributed by atoms with van der Waals surface area (Å²) in [7, 11) is 0. The molecule has 8 heteroatoms. The van der Waals surface area contributed by atoms with Crippen LogP contribution in [0.2, 0.25) is 0 Å². The minimum absolute atomic E-state index is 0.0640. The van der Waals surface area contributed by atoms with Gasteiger partial charge in [0.05, 0.1) is 5.56 Å². The van der Waals surface area contributed by atoms with Crippen molar-refractivity contribution in [1.82, 2.24) is 10.6 Å². The van der Waals surface area contributed by atoms with Gasteiger partial charge in [-0.25, -0.2) is 0 Å². The molecule has 1 unspecified atom stereocenters. The Balaban J connectivity index is 1.76. The highest BCUT2D eigenvalue weighted by molar-refractivity contribution is 7.10. The summed E-state index contributed by atoms with van der Waals surface area (Å²) in [5, 5.41) is 7.35. The third-order valence-electron chi connectivity index (χ3n) is 4.77. The van der Waals surface area contributed by atoms with Crippen LogP contribution in [0.1, 0.15) is 58.9 Å². The number of thiophene rings is 1. The van der Waals surface area contributed by atoms with Gasteiger partial charge in [-0.1, -0.05) is 31.4 Å². The molecule has 28 heavy (non-hydrogen) atoms. The first-order valence-electron chi connectivity index (χ1n) is 9.16. The van der Waals surface area contributed by atoms with Gasteiger partial charge in [0.25, 0.3) is 5.91 Å². The van der Waals surface area contributed by atoms with Crippen LogP contribution in [-0.4, -0.2) is 17.9 Å². The molecule has 0 aliphatic heterocycles. The number of hydrogen-bond donors (Lipinski definition) is 2. The molecular formula is C20H21F3N2O2S. The first-order valence-corrected chi connectivity index (χ1v) is 10.0. The van der Waals surface area contributed by atoms with E-state index < -0.39 is 23.7 Å². The van der Waals surface area contributed by atoms with Gasteiger partial charge in [-0.05, 0) is 42.5 Å². The van der Waals surface area contributed by atoms with Gasteiger partial charge < -0.3 is 10.6 Å². The van der Waals surface area contributed by atoms with E-state index >= 15 is 0 Å².